The van der Waals surface area contributed by atoms with E-state index < -0.39 is 0 Å². The lowest BCUT2D eigenvalue weighted by Gasteiger charge is -2.25. The highest BCUT2D eigenvalue weighted by Gasteiger charge is 2.21. The van der Waals surface area contributed by atoms with Crippen molar-refractivity contribution in [3.05, 3.63) is 59.9 Å². The third-order valence-corrected chi connectivity index (χ3v) is 4.84. The van der Waals surface area contributed by atoms with Crippen LogP contribution in [0.25, 0.3) is 0 Å². The number of benzene rings is 2. The van der Waals surface area contributed by atoms with E-state index in [0.717, 1.165) is 24.2 Å². The molecule has 148 valence electrons. The molecule has 1 heterocycles. The molecule has 0 aromatic heterocycles. The zero-order valence-electron chi connectivity index (χ0n) is 16.1. The van der Waals surface area contributed by atoms with Gasteiger partial charge in [-0.1, -0.05) is 12.1 Å². The van der Waals surface area contributed by atoms with Crippen molar-refractivity contribution in [3.63, 3.8) is 0 Å². The Morgan fingerprint density at radius 2 is 1.82 bits per heavy atom. The quantitative estimate of drug-likeness (QED) is 0.803. The van der Waals surface area contributed by atoms with Crippen molar-refractivity contribution < 1.29 is 14.0 Å². The van der Waals surface area contributed by atoms with Gasteiger partial charge in [0.15, 0.2) is 0 Å². The van der Waals surface area contributed by atoms with E-state index in [2.05, 4.69) is 10.6 Å². The Morgan fingerprint density at radius 3 is 2.39 bits per heavy atom. The van der Waals surface area contributed by atoms with Crippen LogP contribution >= 0.6 is 0 Å². The highest BCUT2D eigenvalue weighted by atomic mass is 19.1. The van der Waals surface area contributed by atoms with Crippen molar-refractivity contribution in [2.45, 2.75) is 18.9 Å². The molecule has 1 aliphatic heterocycles. The highest BCUT2D eigenvalue weighted by molar-refractivity contribution is 5.96. The zero-order valence-corrected chi connectivity index (χ0v) is 16.1. The first-order chi connectivity index (χ1) is 13.4. The van der Waals surface area contributed by atoms with Crippen molar-refractivity contribution in [1.29, 1.82) is 0 Å². The van der Waals surface area contributed by atoms with Gasteiger partial charge in [-0.2, -0.15) is 0 Å². The van der Waals surface area contributed by atoms with E-state index in [0.29, 0.717) is 18.7 Å². The van der Waals surface area contributed by atoms with E-state index in [1.807, 2.05) is 31.1 Å². The molecule has 28 heavy (non-hydrogen) atoms. The number of hydrogen-bond acceptors (Lipinski definition) is 3. The van der Waals surface area contributed by atoms with E-state index >= 15 is 0 Å². The summed E-state index contributed by atoms with van der Waals surface area (Å²) in [5.74, 6) is -0.153. The molecule has 0 saturated carbocycles. The van der Waals surface area contributed by atoms with E-state index in [4.69, 9.17) is 0 Å². The summed E-state index contributed by atoms with van der Waals surface area (Å²) in [6.07, 6.45) is 1.46. The van der Waals surface area contributed by atoms with Gasteiger partial charge in [-0.15, -0.1) is 0 Å². The van der Waals surface area contributed by atoms with Gasteiger partial charge in [0, 0.05) is 30.9 Å². The van der Waals surface area contributed by atoms with Gasteiger partial charge in [0.05, 0.1) is 6.04 Å². The molecule has 1 fully saturated rings. The topological polar surface area (TPSA) is 64.7 Å². The lowest BCUT2D eigenvalue weighted by Crippen LogP contribution is -2.36. The number of amides is 3. The number of halogens is 1. The number of nitrogens with zero attached hydrogens (tertiary/aromatic N) is 2. The number of carbonyl (C=O) groups excluding carboxylic acids is 2. The zero-order chi connectivity index (χ0) is 20.1. The lowest BCUT2D eigenvalue weighted by atomic mass is 10.1. The van der Waals surface area contributed by atoms with Crippen molar-refractivity contribution in [2.75, 3.05) is 37.4 Å². The summed E-state index contributed by atoms with van der Waals surface area (Å²) in [5.41, 5.74) is 2.42. The highest BCUT2D eigenvalue weighted by Crippen LogP contribution is 2.23. The molecule has 0 spiro atoms. The van der Waals surface area contributed by atoms with Crippen LogP contribution in [0.1, 0.15) is 24.4 Å². The van der Waals surface area contributed by atoms with Crippen molar-refractivity contribution >= 4 is 23.3 Å². The summed E-state index contributed by atoms with van der Waals surface area (Å²) < 4.78 is 13.1. The molecule has 0 bridgehead atoms. The van der Waals surface area contributed by atoms with Gasteiger partial charge in [-0.3, -0.25) is 4.79 Å². The molecule has 3 amide bonds. The number of hydrogen-bond donors (Lipinski definition) is 2. The number of likely N-dealkylation sites (N-methyl/N-ethyl adjacent to an activating group) is 1. The summed E-state index contributed by atoms with van der Waals surface area (Å²) >= 11 is 0. The van der Waals surface area contributed by atoms with Gasteiger partial charge in [-0.25, -0.2) is 9.18 Å². The van der Waals surface area contributed by atoms with Crippen LogP contribution in [0, 0.1) is 5.82 Å². The van der Waals surface area contributed by atoms with Crippen molar-refractivity contribution in [1.82, 2.24) is 10.2 Å². The molecule has 6 nitrogen and oxygen atoms in total. The minimum atomic E-state index is -0.320. The number of rotatable bonds is 6. The molecule has 1 unspecified atom stereocenters. The molecule has 0 aliphatic carbocycles. The Morgan fingerprint density at radius 1 is 1.14 bits per heavy atom. The van der Waals surface area contributed by atoms with Crippen LogP contribution in [0.3, 0.4) is 0 Å². The molecule has 1 atom stereocenters. The van der Waals surface area contributed by atoms with Gasteiger partial charge >= 0.3 is 6.03 Å². The first-order valence-electron chi connectivity index (χ1n) is 9.31. The minimum Gasteiger partial charge on any atom is -0.336 e. The van der Waals surface area contributed by atoms with Crippen LogP contribution in [-0.4, -0.2) is 44.0 Å². The summed E-state index contributed by atoms with van der Waals surface area (Å²) in [5, 5.41) is 5.65. The normalized spacial score (nSPS) is 15.0. The van der Waals surface area contributed by atoms with E-state index in [1.54, 1.807) is 29.2 Å². The number of carbonyl (C=O) groups is 2. The molecule has 1 saturated heterocycles. The molecular weight excluding hydrogens is 359 g/mol. The molecule has 2 aromatic carbocycles. The summed E-state index contributed by atoms with van der Waals surface area (Å²) in [6.45, 7) is 1.12. The predicted molar refractivity (Wildman–Crippen MR) is 108 cm³/mol. The molecule has 7 heteroatoms. The van der Waals surface area contributed by atoms with Crippen LogP contribution in [0.5, 0.6) is 0 Å². The van der Waals surface area contributed by atoms with Crippen LogP contribution in [-0.2, 0) is 4.79 Å². The average Bonchev–Trinajstić information content (AvgIpc) is 3.09. The Labute approximate surface area is 164 Å². The number of urea groups is 1. The molecule has 2 aromatic rings. The smallest absolute Gasteiger partial charge is 0.319 e. The third kappa shape index (κ3) is 4.86. The predicted octanol–water partition coefficient (Wildman–Crippen LogP) is 3.38. The first kappa shape index (κ1) is 19.8. The molecule has 1 aliphatic rings. The maximum Gasteiger partial charge on any atom is 0.319 e. The second-order valence-electron chi connectivity index (χ2n) is 7.06. The fourth-order valence-electron chi connectivity index (χ4n) is 3.29. The van der Waals surface area contributed by atoms with Crippen molar-refractivity contribution in [3.8, 4) is 0 Å². The van der Waals surface area contributed by atoms with Crippen LogP contribution in [0.2, 0.25) is 0 Å². The molecule has 3 rings (SSSR count). The monoisotopic (exact) mass is 384 g/mol. The fraction of sp³-hybridized carbons (Fsp3) is 0.333. The minimum absolute atomic E-state index is 0.0742. The summed E-state index contributed by atoms with van der Waals surface area (Å²) in [7, 11) is 3.82. The third-order valence-electron chi connectivity index (χ3n) is 4.84. The van der Waals surface area contributed by atoms with Gasteiger partial charge in [0.25, 0.3) is 0 Å². The van der Waals surface area contributed by atoms with Crippen LogP contribution < -0.4 is 15.5 Å². The summed E-state index contributed by atoms with van der Waals surface area (Å²) in [4.78, 5) is 27.8. The van der Waals surface area contributed by atoms with E-state index in [9.17, 15) is 14.0 Å². The van der Waals surface area contributed by atoms with Crippen LogP contribution in [0.4, 0.5) is 20.6 Å². The van der Waals surface area contributed by atoms with Gasteiger partial charge in [-0.05, 0) is 62.5 Å². The Bertz CT molecular complexity index is 821. The Hall–Kier alpha value is -2.93. The second-order valence-corrected chi connectivity index (χ2v) is 7.06. The van der Waals surface area contributed by atoms with Crippen LogP contribution in [0.15, 0.2) is 48.5 Å². The Kier molecular flexibility index (Phi) is 6.26. The largest absolute Gasteiger partial charge is 0.336 e. The maximum absolute atomic E-state index is 13.1. The molecule has 2 N–H and O–H groups in total. The Balaban J connectivity index is 1.55. The van der Waals surface area contributed by atoms with Gasteiger partial charge in [0.2, 0.25) is 5.91 Å². The van der Waals surface area contributed by atoms with E-state index in [-0.39, 0.29) is 23.8 Å². The second kappa shape index (κ2) is 8.84. The standard InChI is InChI=1S/C21H25FN4O2/c1-25(2)19(15-5-7-16(22)8-6-15)14-23-21(28)24-17-9-11-18(12-10-17)26-13-3-4-20(26)27/h5-12,19H,3-4,13-14H2,1-2H3,(H2,23,24,28). The average molecular weight is 384 g/mol. The maximum atomic E-state index is 13.1. The summed E-state index contributed by atoms with van der Waals surface area (Å²) in [6, 6.07) is 13.1. The van der Waals surface area contributed by atoms with Gasteiger partial charge < -0.3 is 20.4 Å². The molecular formula is C21H25FN4O2. The number of nitrogens with one attached hydrogen (secondary N) is 2. The van der Waals surface area contributed by atoms with E-state index in [1.165, 1.54) is 12.1 Å². The lowest BCUT2D eigenvalue weighted by molar-refractivity contribution is -0.117. The molecule has 0 radical (unpaired) electrons. The first-order valence-corrected chi connectivity index (χ1v) is 9.31. The van der Waals surface area contributed by atoms with Crippen molar-refractivity contribution in [2.24, 2.45) is 0 Å². The SMILES string of the molecule is CN(C)C(CNC(=O)Nc1ccc(N2CCCC2=O)cc1)c1ccc(F)cc1. The fourth-order valence-corrected chi connectivity index (χ4v) is 3.29. The van der Waals surface area contributed by atoms with Gasteiger partial charge in [0.1, 0.15) is 5.82 Å². The number of anilines is 2.